The highest BCUT2D eigenvalue weighted by Gasteiger charge is 2.14. The third kappa shape index (κ3) is 3.09. The number of nitrogens with zero attached hydrogens (tertiary/aromatic N) is 2. The maximum absolute atomic E-state index is 4.37. The van der Waals surface area contributed by atoms with Gasteiger partial charge in [-0.05, 0) is 16.9 Å². The van der Waals surface area contributed by atoms with E-state index in [2.05, 4.69) is 44.6 Å². The molecule has 0 aromatic carbocycles. The molecule has 0 spiro atoms. The van der Waals surface area contributed by atoms with Gasteiger partial charge in [-0.2, -0.15) is 0 Å². The highest BCUT2D eigenvalue weighted by atomic mass is 14.9. The van der Waals surface area contributed by atoms with Gasteiger partial charge in [-0.3, -0.25) is 0 Å². The second-order valence-electron chi connectivity index (χ2n) is 5.24. The van der Waals surface area contributed by atoms with Crippen molar-refractivity contribution in [1.29, 1.82) is 0 Å². The molecule has 14 heavy (non-hydrogen) atoms. The Balaban J connectivity index is 2.79. The Morgan fingerprint density at radius 1 is 1.14 bits per heavy atom. The van der Waals surface area contributed by atoms with E-state index in [4.69, 9.17) is 0 Å². The molecule has 1 aromatic rings. The third-order valence-electron chi connectivity index (χ3n) is 2.16. The van der Waals surface area contributed by atoms with E-state index in [0.717, 1.165) is 12.2 Å². The maximum atomic E-state index is 4.37. The minimum atomic E-state index is 0.149. The van der Waals surface area contributed by atoms with Gasteiger partial charge in [-0.25, -0.2) is 9.97 Å². The normalized spacial score (nSPS) is 12.1. The van der Waals surface area contributed by atoms with Crippen molar-refractivity contribution in [2.75, 3.05) is 0 Å². The van der Waals surface area contributed by atoms with Gasteiger partial charge in [0, 0.05) is 18.8 Å². The van der Waals surface area contributed by atoms with Crippen molar-refractivity contribution in [3.63, 3.8) is 0 Å². The Labute approximate surface area is 86.8 Å². The van der Waals surface area contributed by atoms with Crippen LogP contribution in [0.2, 0.25) is 0 Å². The first-order valence-corrected chi connectivity index (χ1v) is 5.21. The zero-order chi connectivity index (χ0) is 10.8. The fraction of sp³-hybridized carbons (Fsp3) is 0.667. The van der Waals surface area contributed by atoms with Crippen LogP contribution in [0.3, 0.4) is 0 Å². The van der Waals surface area contributed by atoms with Gasteiger partial charge < -0.3 is 0 Å². The summed E-state index contributed by atoms with van der Waals surface area (Å²) in [6.07, 6.45) is 4.86. The Bertz CT molecular complexity index is 280. The van der Waals surface area contributed by atoms with E-state index in [0.29, 0.717) is 5.92 Å². The quantitative estimate of drug-likeness (QED) is 0.720. The van der Waals surface area contributed by atoms with Crippen LogP contribution in [0.25, 0.3) is 0 Å². The minimum Gasteiger partial charge on any atom is -0.241 e. The van der Waals surface area contributed by atoms with Crippen LogP contribution in [-0.4, -0.2) is 9.97 Å². The second kappa shape index (κ2) is 4.07. The van der Waals surface area contributed by atoms with Crippen LogP contribution in [0, 0.1) is 5.92 Å². The average molecular weight is 192 g/mol. The van der Waals surface area contributed by atoms with Gasteiger partial charge in [0.15, 0.2) is 0 Å². The lowest BCUT2D eigenvalue weighted by Crippen LogP contribution is -2.13. The maximum Gasteiger partial charge on any atom is 0.128 e. The molecule has 2 nitrogen and oxygen atoms in total. The highest BCUT2D eigenvalue weighted by Crippen LogP contribution is 2.20. The predicted molar refractivity (Wildman–Crippen MR) is 59.3 cm³/mol. The molecule has 0 saturated carbocycles. The van der Waals surface area contributed by atoms with Crippen molar-refractivity contribution in [3.8, 4) is 0 Å². The molecule has 0 unspecified atom stereocenters. The van der Waals surface area contributed by atoms with Gasteiger partial charge in [-0.1, -0.05) is 34.6 Å². The molecular formula is C12H20N2. The fourth-order valence-electron chi connectivity index (χ4n) is 1.21. The van der Waals surface area contributed by atoms with Crippen LogP contribution in [0.15, 0.2) is 12.4 Å². The van der Waals surface area contributed by atoms with E-state index in [9.17, 15) is 0 Å². The Morgan fingerprint density at radius 3 is 2.00 bits per heavy atom. The average Bonchev–Trinajstić information content (AvgIpc) is 2.02. The van der Waals surface area contributed by atoms with Crippen LogP contribution in [-0.2, 0) is 11.8 Å². The highest BCUT2D eigenvalue weighted by molar-refractivity contribution is 5.15. The van der Waals surface area contributed by atoms with Gasteiger partial charge in [-0.15, -0.1) is 0 Å². The summed E-state index contributed by atoms with van der Waals surface area (Å²) in [5.41, 5.74) is 1.35. The molecule has 0 aliphatic rings. The summed E-state index contributed by atoms with van der Waals surface area (Å²) in [6.45, 7) is 10.9. The lowest BCUT2D eigenvalue weighted by Gasteiger charge is -2.17. The summed E-state index contributed by atoms with van der Waals surface area (Å²) >= 11 is 0. The molecule has 0 atom stereocenters. The number of aromatic nitrogens is 2. The van der Waals surface area contributed by atoms with E-state index in [1.807, 2.05) is 12.4 Å². The van der Waals surface area contributed by atoms with Crippen molar-refractivity contribution >= 4 is 0 Å². The van der Waals surface area contributed by atoms with Crippen molar-refractivity contribution in [1.82, 2.24) is 9.97 Å². The zero-order valence-corrected chi connectivity index (χ0v) is 9.83. The van der Waals surface area contributed by atoms with Crippen LogP contribution < -0.4 is 0 Å². The zero-order valence-electron chi connectivity index (χ0n) is 9.83. The molecule has 0 bridgehead atoms. The number of hydrogen-bond donors (Lipinski definition) is 0. The third-order valence-corrected chi connectivity index (χ3v) is 2.16. The van der Waals surface area contributed by atoms with E-state index >= 15 is 0 Å². The van der Waals surface area contributed by atoms with Gasteiger partial charge in [0.05, 0.1) is 0 Å². The Morgan fingerprint density at radius 2 is 1.64 bits per heavy atom. The van der Waals surface area contributed by atoms with E-state index < -0.39 is 0 Å². The van der Waals surface area contributed by atoms with Crippen LogP contribution in [0.4, 0.5) is 0 Å². The molecule has 78 valence electrons. The lowest BCUT2D eigenvalue weighted by atomic mass is 9.89. The second-order valence-corrected chi connectivity index (χ2v) is 5.24. The van der Waals surface area contributed by atoms with Gasteiger partial charge >= 0.3 is 0 Å². The molecule has 0 saturated heterocycles. The molecule has 1 rings (SSSR count). The van der Waals surface area contributed by atoms with Gasteiger partial charge in [0.2, 0.25) is 0 Å². The molecular weight excluding hydrogens is 172 g/mol. The van der Waals surface area contributed by atoms with E-state index in [1.54, 1.807) is 0 Å². The fourth-order valence-corrected chi connectivity index (χ4v) is 1.21. The number of rotatable bonds is 2. The van der Waals surface area contributed by atoms with Crippen LogP contribution >= 0.6 is 0 Å². The summed E-state index contributed by atoms with van der Waals surface area (Å²) in [4.78, 5) is 8.75. The van der Waals surface area contributed by atoms with E-state index in [-0.39, 0.29) is 5.41 Å². The summed E-state index contributed by atoms with van der Waals surface area (Å²) in [6, 6.07) is 0. The Kier molecular flexibility index (Phi) is 3.25. The predicted octanol–water partition coefficient (Wildman–Crippen LogP) is 2.97. The smallest absolute Gasteiger partial charge is 0.128 e. The lowest BCUT2D eigenvalue weighted by molar-refractivity contribution is 0.575. The first kappa shape index (κ1) is 11.2. The topological polar surface area (TPSA) is 25.8 Å². The molecule has 1 aromatic heterocycles. The molecule has 0 N–H and O–H groups in total. The summed E-state index contributed by atoms with van der Waals surface area (Å²) in [5.74, 6) is 1.57. The first-order chi connectivity index (χ1) is 6.39. The van der Waals surface area contributed by atoms with Crippen molar-refractivity contribution in [2.45, 2.75) is 46.5 Å². The molecule has 2 heteroatoms. The molecule has 1 heterocycles. The largest absolute Gasteiger partial charge is 0.241 e. The molecule has 0 radical (unpaired) electrons. The molecule has 0 aliphatic carbocycles. The van der Waals surface area contributed by atoms with E-state index in [1.165, 1.54) is 5.56 Å². The summed E-state index contributed by atoms with van der Waals surface area (Å²) < 4.78 is 0. The Hall–Kier alpha value is -0.920. The first-order valence-electron chi connectivity index (χ1n) is 5.21. The molecule has 0 amide bonds. The summed E-state index contributed by atoms with van der Waals surface area (Å²) in [7, 11) is 0. The number of hydrogen-bond acceptors (Lipinski definition) is 2. The summed E-state index contributed by atoms with van der Waals surface area (Å²) in [5, 5.41) is 0. The standard InChI is InChI=1S/C12H20N2/c1-9(2)6-11-13-7-10(8-14-11)12(3,4)5/h7-9H,6H2,1-5H3. The minimum absolute atomic E-state index is 0.149. The van der Waals surface area contributed by atoms with Crippen molar-refractivity contribution in [2.24, 2.45) is 5.92 Å². The van der Waals surface area contributed by atoms with Crippen molar-refractivity contribution < 1.29 is 0 Å². The molecule has 0 fully saturated rings. The van der Waals surface area contributed by atoms with Gasteiger partial charge in [0.1, 0.15) is 5.82 Å². The molecule has 0 aliphatic heterocycles. The monoisotopic (exact) mass is 192 g/mol. The van der Waals surface area contributed by atoms with Gasteiger partial charge in [0.25, 0.3) is 0 Å². The van der Waals surface area contributed by atoms with Crippen LogP contribution in [0.1, 0.15) is 46.0 Å². The van der Waals surface area contributed by atoms with Crippen LogP contribution in [0.5, 0.6) is 0 Å². The van der Waals surface area contributed by atoms with Crippen molar-refractivity contribution in [3.05, 3.63) is 23.8 Å². The SMILES string of the molecule is CC(C)Cc1ncc(C(C)(C)C)cn1.